The van der Waals surface area contributed by atoms with Crippen molar-refractivity contribution in [2.45, 2.75) is 12.1 Å². The van der Waals surface area contributed by atoms with E-state index < -0.39 is 5.66 Å². The van der Waals surface area contributed by atoms with Gasteiger partial charge in [0.1, 0.15) is 5.66 Å². The lowest BCUT2D eigenvalue weighted by Gasteiger charge is -2.52. The topological polar surface area (TPSA) is 6.48 Å². The summed E-state index contributed by atoms with van der Waals surface area (Å²) in [6, 6.07) is 56.5. The van der Waals surface area contributed by atoms with E-state index in [9.17, 15) is 0 Å². The van der Waals surface area contributed by atoms with Gasteiger partial charge in [-0.15, -0.1) is 0 Å². The highest BCUT2D eigenvalue weighted by atomic mass is 35.5. The molecule has 0 N–H and O–H groups in total. The van der Waals surface area contributed by atoms with Crippen LogP contribution in [-0.2, 0) is 0 Å². The molecule has 224 valence electrons. The number of halogens is 2. The number of nitrogens with zero attached hydrogens (tertiary/aromatic N) is 2. The third-order valence-corrected chi connectivity index (χ3v) is 8.88. The van der Waals surface area contributed by atoms with Crippen LogP contribution in [0.3, 0.4) is 0 Å². The first-order valence-corrected chi connectivity index (χ1v) is 16.1. The molecule has 46 heavy (non-hydrogen) atoms. The Labute approximate surface area is 281 Å². The highest BCUT2D eigenvalue weighted by Gasteiger charge is 2.43. The molecule has 4 heteroatoms. The van der Waals surface area contributed by atoms with Crippen molar-refractivity contribution < 1.29 is 0 Å². The minimum atomic E-state index is -0.717. The molecule has 0 saturated heterocycles. The van der Waals surface area contributed by atoms with Gasteiger partial charge in [0, 0.05) is 39.2 Å². The highest BCUT2D eigenvalue weighted by molar-refractivity contribution is 6.31. The van der Waals surface area contributed by atoms with Gasteiger partial charge in [0.2, 0.25) is 0 Å². The van der Waals surface area contributed by atoms with Crippen LogP contribution < -0.4 is 9.80 Å². The molecule has 0 fully saturated rings. The molecular formula is C42H32Cl2N2. The van der Waals surface area contributed by atoms with Gasteiger partial charge in [0.05, 0.1) is 0 Å². The van der Waals surface area contributed by atoms with E-state index in [0.29, 0.717) is 16.5 Å². The number of hydrogen-bond donors (Lipinski definition) is 0. The molecule has 7 rings (SSSR count). The van der Waals surface area contributed by atoms with Crippen LogP contribution in [-0.4, -0.2) is 5.66 Å². The zero-order valence-corrected chi connectivity index (χ0v) is 26.7. The van der Waals surface area contributed by atoms with E-state index in [-0.39, 0.29) is 0 Å². The second-order valence-electron chi connectivity index (χ2n) is 11.3. The van der Waals surface area contributed by atoms with Gasteiger partial charge in [-0.1, -0.05) is 138 Å². The van der Waals surface area contributed by atoms with Crippen LogP contribution in [0, 0.1) is 0 Å². The van der Waals surface area contributed by atoms with Gasteiger partial charge in [-0.05, 0) is 89.0 Å². The van der Waals surface area contributed by atoms with E-state index >= 15 is 0 Å². The fourth-order valence-electron chi connectivity index (χ4n) is 6.33. The van der Waals surface area contributed by atoms with E-state index in [1.807, 2.05) is 54.6 Å². The van der Waals surface area contributed by atoms with Gasteiger partial charge in [-0.2, -0.15) is 0 Å². The standard InChI is InChI=1S/C42H32Cl2N2/c43-36-14-10-20-40(30-36)45(38-16-6-2-7-17-38)42(46(39-18-8-3-9-19-39)41-21-11-15-37(44)31-41)28-26-35(27-29-42)34-24-22-33(23-25-34)32-12-4-1-5-13-32/h1-28,30-31H,29H2. The largest absolute Gasteiger partial charge is 0.314 e. The van der Waals surface area contributed by atoms with Gasteiger partial charge in [0.25, 0.3) is 0 Å². The third-order valence-electron chi connectivity index (χ3n) is 8.41. The summed E-state index contributed by atoms with van der Waals surface area (Å²) in [7, 11) is 0. The molecule has 0 radical (unpaired) electrons. The first kappa shape index (κ1) is 29.7. The molecule has 0 unspecified atom stereocenters. The average Bonchev–Trinajstić information content (AvgIpc) is 3.10. The zero-order chi connectivity index (χ0) is 31.3. The average molecular weight is 636 g/mol. The summed E-state index contributed by atoms with van der Waals surface area (Å²) in [5.41, 5.74) is 8.09. The van der Waals surface area contributed by atoms with Crippen molar-refractivity contribution >= 4 is 51.5 Å². The van der Waals surface area contributed by atoms with Crippen LogP contribution in [0.5, 0.6) is 0 Å². The molecule has 6 aromatic carbocycles. The summed E-state index contributed by atoms with van der Waals surface area (Å²) in [6.07, 6.45) is 7.60. The number of anilines is 4. The predicted octanol–water partition coefficient (Wildman–Crippen LogP) is 12.4. The summed E-state index contributed by atoms with van der Waals surface area (Å²) in [5, 5.41) is 1.36. The van der Waals surface area contributed by atoms with Crippen LogP contribution in [0.4, 0.5) is 22.7 Å². The van der Waals surface area contributed by atoms with Crippen molar-refractivity contribution in [1.29, 1.82) is 0 Å². The Morgan fingerprint density at radius 3 is 1.33 bits per heavy atom. The zero-order valence-electron chi connectivity index (χ0n) is 25.2. The summed E-state index contributed by atoms with van der Waals surface area (Å²) in [4.78, 5) is 4.77. The molecule has 0 saturated carbocycles. The van der Waals surface area contributed by atoms with Crippen molar-refractivity contribution in [3.8, 4) is 11.1 Å². The quantitative estimate of drug-likeness (QED) is 0.154. The van der Waals surface area contributed by atoms with Crippen LogP contribution in [0.2, 0.25) is 10.0 Å². The molecule has 0 spiro atoms. The fourth-order valence-corrected chi connectivity index (χ4v) is 6.70. The maximum Gasteiger partial charge on any atom is 0.145 e. The molecule has 0 aromatic heterocycles. The molecule has 0 bridgehead atoms. The molecule has 0 atom stereocenters. The number of hydrogen-bond acceptors (Lipinski definition) is 2. The molecule has 1 aliphatic carbocycles. The van der Waals surface area contributed by atoms with Gasteiger partial charge in [-0.25, -0.2) is 0 Å². The van der Waals surface area contributed by atoms with Crippen molar-refractivity contribution in [1.82, 2.24) is 0 Å². The third kappa shape index (κ3) is 5.98. The van der Waals surface area contributed by atoms with Gasteiger partial charge < -0.3 is 9.80 Å². The molecule has 1 aliphatic rings. The Kier molecular flexibility index (Phi) is 8.48. The molecule has 6 aromatic rings. The van der Waals surface area contributed by atoms with Gasteiger partial charge >= 0.3 is 0 Å². The van der Waals surface area contributed by atoms with Crippen molar-refractivity contribution in [3.05, 3.63) is 198 Å². The molecule has 0 aliphatic heterocycles. The highest BCUT2D eigenvalue weighted by Crippen LogP contribution is 2.47. The lowest BCUT2D eigenvalue weighted by Crippen LogP contribution is -2.57. The van der Waals surface area contributed by atoms with Crippen LogP contribution in [0.15, 0.2) is 182 Å². The summed E-state index contributed by atoms with van der Waals surface area (Å²) in [5.74, 6) is 0. The Morgan fingerprint density at radius 2 is 0.870 bits per heavy atom. The fraction of sp³-hybridized carbons (Fsp3) is 0.0476. The minimum Gasteiger partial charge on any atom is -0.314 e. The van der Waals surface area contributed by atoms with E-state index in [0.717, 1.165) is 22.7 Å². The number of benzene rings is 6. The maximum absolute atomic E-state index is 6.67. The van der Waals surface area contributed by atoms with E-state index in [2.05, 4.69) is 137 Å². The van der Waals surface area contributed by atoms with Crippen LogP contribution in [0.25, 0.3) is 16.7 Å². The second-order valence-corrected chi connectivity index (χ2v) is 12.2. The lowest BCUT2D eigenvalue weighted by atomic mass is 9.88. The number of allylic oxidation sites excluding steroid dienone is 2. The SMILES string of the molecule is Clc1cccc(N(c2ccccc2)C2(N(c3ccccc3)c3cccc(Cl)c3)C=CC(c3ccc(-c4ccccc4)cc3)=CC2)c1. The predicted molar refractivity (Wildman–Crippen MR) is 196 cm³/mol. The Hall–Kier alpha value is -5.02. The van der Waals surface area contributed by atoms with Crippen molar-refractivity contribution in [2.75, 3.05) is 9.80 Å². The van der Waals surface area contributed by atoms with E-state index in [4.69, 9.17) is 23.2 Å². The Bertz CT molecular complexity index is 1900. The molecule has 0 amide bonds. The summed E-state index contributed by atoms with van der Waals surface area (Å²) < 4.78 is 0. The van der Waals surface area contributed by atoms with Gasteiger partial charge in [-0.3, -0.25) is 0 Å². The lowest BCUT2D eigenvalue weighted by molar-refractivity contribution is 0.526. The van der Waals surface area contributed by atoms with Crippen LogP contribution >= 0.6 is 23.2 Å². The molecule has 2 nitrogen and oxygen atoms in total. The second kappa shape index (κ2) is 13.1. The summed E-state index contributed by atoms with van der Waals surface area (Å²) in [6.45, 7) is 0. The van der Waals surface area contributed by atoms with Crippen LogP contribution in [0.1, 0.15) is 12.0 Å². The smallest absolute Gasteiger partial charge is 0.145 e. The van der Waals surface area contributed by atoms with Gasteiger partial charge in [0.15, 0.2) is 0 Å². The summed E-state index contributed by atoms with van der Waals surface area (Å²) >= 11 is 13.3. The van der Waals surface area contributed by atoms with E-state index in [1.165, 1.54) is 22.3 Å². The minimum absolute atomic E-state index is 0.669. The van der Waals surface area contributed by atoms with Crippen molar-refractivity contribution in [2.24, 2.45) is 0 Å². The first-order valence-electron chi connectivity index (χ1n) is 15.4. The Balaban J connectivity index is 1.41. The number of rotatable bonds is 8. The number of para-hydroxylation sites is 2. The normalized spacial score (nSPS) is 13.6. The van der Waals surface area contributed by atoms with E-state index in [1.54, 1.807) is 0 Å². The first-order chi connectivity index (χ1) is 22.6. The molecule has 0 heterocycles. The Morgan fingerprint density at radius 1 is 0.435 bits per heavy atom. The van der Waals surface area contributed by atoms with Crippen molar-refractivity contribution in [3.63, 3.8) is 0 Å². The monoisotopic (exact) mass is 634 g/mol. The molecular weight excluding hydrogens is 603 g/mol. The maximum atomic E-state index is 6.67.